The summed E-state index contributed by atoms with van der Waals surface area (Å²) in [6, 6.07) is 12.9. The molecule has 0 aliphatic carbocycles. The monoisotopic (exact) mass is 422 g/mol. The predicted molar refractivity (Wildman–Crippen MR) is 106 cm³/mol. The van der Waals surface area contributed by atoms with Crippen LogP contribution in [0.4, 0.5) is 0 Å². The molecule has 2 rings (SSSR count). The highest BCUT2D eigenvalue weighted by atomic mass is 79.9. The van der Waals surface area contributed by atoms with Gasteiger partial charge >= 0.3 is 0 Å². The van der Waals surface area contributed by atoms with Gasteiger partial charge in [-0.1, -0.05) is 60.4 Å². The van der Waals surface area contributed by atoms with E-state index in [0.717, 1.165) is 15.6 Å². The molecule has 0 unspecified atom stereocenters. The van der Waals surface area contributed by atoms with E-state index in [4.69, 9.17) is 16.3 Å². The van der Waals surface area contributed by atoms with Crippen molar-refractivity contribution in [3.8, 4) is 5.75 Å². The highest BCUT2D eigenvalue weighted by Gasteiger charge is 2.19. The molecule has 0 saturated carbocycles. The number of carbonyl (C=O) groups excluding carboxylic acids is 1. The van der Waals surface area contributed by atoms with Crippen molar-refractivity contribution in [2.24, 2.45) is 5.10 Å². The van der Waals surface area contributed by atoms with Crippen LogP contribution in [0.5, 0.6) is 5.75 Å². The van der Waals surface area contributed by atoms with Gasteiger partial charge in [-0.15, -0.1) is 0 Å². The van der Waals surface area contributed by atoms with Crippen LogP contribution < -0.4 is 10.2 Å². The molecule has 25 heavy (non-hydrogen) atoms. The van der Waals surface area contributed by atoms with Gasteiger partial charge in [-0.05, 0) is 41.3 Å². The quantitative estimate of drug-likeness (QED) is 0.547. The van der Waals surface area contributed by atoms with E-state index in [9.17, 15) is 4.79 Å². The van der Waals surface area contributed by atoms with Crippen LogP contribution in [0.3, 0.4) is 0 Å². The van der Waals surface area contributed by atoms with E-state index in [1.54, 1.807) is 18.3 Å². The van der Waals surface area contributed by atoms with Crippen LogP contribution >= 0.6 is 27.5 Å². The topological polar surface area (TPSA) is 50.7 Å². The fraction of sp³-hybridized carbons (Fsp3) is 0.263. The predicted octanol–water partition coefficient (Wildman–Crippen LogP) is 4.93. The molecule has 0 aliphatic heterocycles. The summed E-state index contributed by atoms with van der Waals surface area (Å²) in [6.07, 6.45) is 1.55. The Hall–Kier alpha value is -1.85. The molecular formula is C19H20BrClN2O2. The van der Waals surface area contributed by atoms with E-state index >= 15 is 0 Å². The van der Waals surface area contributed by atoms with Crippen LogP contribution in [0.25, 0.3) is 0 Å². The molecule has 2 aromatic carbocycles. The van der Waals surface area contributed by atoms with Gasteiger partial charge < -0.3 is 4.74 Å². The van der Waals surface area contributed by atoms with Gasteiger partial charge in [0.15, 0.2) is 6.61 Å². The van der Waals surface area contributed by atoms with Crippen LogP contribution in [0.2, 0.25) is 5.02 Å². The lowest BCUT2D eigenvalue weighted by Crippen LogP contribution is -2.25. The van der Waals surface area contributed by atoms with Gasteiger partial charge in [0.2, 0.25) is 0 Å². The van der Waals surface area contributed by atoms with Crippen LogP contribution in [0.1, 0.15) is 31.9 Å². The van der Waals surface area contributed by atoms with Gasteiger partial charge in [-0.2, -0.15) is 5.10 Å². The number of benzene rings is 2. The lowest BCUT2D eigenvalue weighted by atomic mass is 9.86. The third-order valence-electron chi connectivity index (χ3n) is 3.38. The Kier molecular flexibility index (Phi) is 6.62. The van der Waals surface area contributed by atoms with Crippen molar-refractivity contribution in [1.29, 1.82) is 0 Å². The van der Waals surface area contributed by atoms with E-state index in [2.05, 4.69) is 47.2 Å². The Morgan fingerprint density at radius 1 is 1.24 bits per heavy atom. The molecular weight excluding hydrogens is 404 g/mol. The maximum atomic E-state index is 11.9. The molecule has 0 atom stereocenters. The van der Waals surface area contributed by atoms with E-state index in [1.165, 1.54) is 0 Å². The summed E-state index contributed by atoms with van der Waals surface area (Å²) in [5, 5.41) is 4.57. The van der Waals surface area contributed by atoms with Crippen LogP contribution in [-0.2, 0) is 10.2 Å². The molecule has 0 bridgehead atoms. The first-order chi connectivity index (χ1) is 11.8. The maximum absolute atomic E-state index is 11.9. The van der Waals surface area contributed by atoms with Crippen molar-refractivity contribution in [2.45, 2.75) is 26.2 Å². The molecule has 0 saturated heterocycles. The molecule has 0 spiro atoms. The van der Waals surface area contributed by atoms with E-state index in [0.29, 0.717) is 10.8 Å². The standard InChI is InChI=1S/C19H20BrClN2O2/c1-19(2,3)16-10-14(20)6-9-17(16)25-12-18(24)23-22-11-13-4-7-15(21)8-5-13/h4-11H,12H2,1-3H3,(H,23,24)/b22-11+. The van der Waals surface area contributed by atoms with Crippen LogP contribution in [0.15, 0.2) is 52.0 Å². The third-order valence-corrected chi connectivity index (χ3v) is 4.13. The summed E-state index contributed by atoms with van der Waals surface area (Å²) in [6.45, 7) is 6.18. The number of carbonyl (C=O) groups is 1. The average molecular weight is 424 g/mol. The maximum Gasteiger partial charge on any atom is 0.277 e. The van der Waals surface area contributed by atoms with Crippen molar-refractivity contribution in [2.75, 3.05) is 6.61 Å². The lowest BCUT2D eigenvalue weighted by Gasteiger charge is -2.23. The summed E-state index contributed by atoms with van der Waals surface area (Å²) in [4.78, 5) is 11.9. The van der Waals surface area contributed by atoms with Gasteiger partial charge in [-0.25, -0.2) is 5.43 Å². The van der Waals surface area contributed by atoms with Gasteiger partial charge in [-0.3, -0.25) is 4.79 Å². The summed E-state index contributed by atoms with van der Waals surface area (Å²) < 4.78 is 6.65. The minimum absolute atomic E-state index is 0.0949. The third kappa shape index (κ3) is 6.18. The molecule has 1 N–H and O–H groups in total. The number of halogens is 2. The SMILES string of the molecule is CC(C)(C)c1cc(Br)ccc1OCC(=O)N/N=C/c1ccc(Cl)cc1. The molecule has 2 aromatic rings. The number of rotatable bonds is 5. The number of hydrogen-bond donors (Lipinski definition) is 1. The Labute approximate surface area is 161 Å². The Bertz CT molecular complexity index is 768. The number of hydrogen-bond acceptors (Lipinski definition) is 3. The largest absolute Gasteiger partial charge is 0.483 e. The molecule has 0 fully saturated rings. The molecule has 4 nitrogen and oxygen atoms in total. The van der Waals surface area contributed by atoms with Crippen molar-refractivity contribution in [3.05, 3.63) is 63.1 Å². The Balaban J connectivity index is 1.93. The number of hydrazone groups is 1. The van der Waals surface area contributed by atoms with Gasteiger partial charge in [0, 0.05) is 15.1 Å². The zero-order valence-electron chi connectivity index (χ0n) is 14.3. The van der Waals surface area contributed by atoms with Crippen LogP contribution in [0, 0.1) is 0 Å². The number of amides is 1. The molecule has 0 heterocycles. The molecule has 0 aliphatic rings. The highest BCUT2D eigenvalue weighted by molar-refractivity contribution is 9.10. The van der Waals surface area contributed by atoms with Crippen molar-refractivity contribution in [1.82, 2.24) is 5.43 Å². The smallest absolute Gasteiger partial charge is 0.277 e. The molecule has 1 amide bonds. The molecule has 0 aromatic heterocycles. The molecule has 6 heteroatoms. The second-order valence-corrected chi connectivity index (χ2v) is 7.88. The van der Waals surface area contributed by atoms with Crippen molar-refractivity contribution < 1.29 is 9.53 Å². The summed E-state index contributed by atoms with van der Waals surface area (Å²) in [7, 11) is 0. The second-order valence-electron chi connectivity index (χ2n) is 6.52. The van der Waals surface area contributed by atoms with E-state index < -0.39 is 0 Å². The summed E-state index contributed by atoms with van der Waals surface area (Å²) in [5.74, 6) is 0.362. The fourth-order valence-corrected chi connectivity index (χ4v) is 2.60. The van der Waals surface area contributed by atoms with Gasteiger partial charge in [0.25, 0.3) is 5.91 Å². The van der Waals surface area contributed by atoms with Crippen LogP contribution in [-0.4, -0.2) is 18.7 Å². The first-order valence-corrected chi connectivity index (χ1v) is 8.93. The van der Waals surface area contributed by atoms with Gasteiger partial charge in [0.1, 0.15) is 5.75 Å². The first kappa shape index (κ1) is 19.5. The normalized spacial score (nSPS) is 11.6. The van der Waals surface area contributed by atoms with Gasteiger partial charge in [0.05, 0.1) is 6.21 Å². The Morgan fingerprint density at radius 2 is 1.92 bits per heavy atom. The zero-order valence-corrected chi connectivity index (χ0v) is 16.7. The number of nitrogens with one attached hydrogen (secondary N) is 1. The number of nitrogens with zero attached hydrogens (tertiary/aromatic N) is 1. The average Bonchev–Trinajstić information content (AvgIpc) is 2.54. The Morgan fingerprint density at radius 3 is 2.56 bits per heavy atom. The van der Waals surface area contributed by atoms with Crippen molar-refractivity contribution >= 4 is 39.7 Å². The fourth-order valence-electron chi connectivity index (χ4n) is 2.12. The van der Waals surface area contributed by atoms with E-state index in [1.807, 2.05) is 30.3 Å². The molecule has 0 radical (unpaired) electrons. The summed E-state index contributed by atoms with van der Waals surface area (Å²) >= 11 is 9.28. The summed E-state index contributed by atoms with van der Waals surface area (Å²) in [5.41, 5.74) is 4.22. The lowest BCUT2D eigenvalue weighted by molar-refractivity contribution is -0.123. The highest BCUT2D eigenvalue weighted by Crippen LogP contribution is 2.33. The van der Waals surface area contributed by atoms with E-state index in [-0.39, 0.29) is 17.9 Å². The minimum atomic E-state index is -0.326. The second kappa shape index (κ2) is 8.50. The zero-order chi connectivity index (χ0) is 18.4. The molecule has 132 valence electrons. The van der Waals surface area contributed by atoms with Crippen molar-refractivity contribution in [3.63, 3.8) is 0 Å². The first-order valence-electron chi connectivity index (χ1n) is 7.76. The minimum Gasteiger partial charge on any atom is -0.483 e. The number of ether oxygens (including phenoxy) is 1.